The molecular formula is C16H20N4O2S. The number of anilines is 1. The third-order valence-corrected chi connectivity index (χ3v) is 5.42. The second-order valence-electron chi connectivity index (χ2n) is 6.06. The van der Waals surface area contributed by atoms with Crippen molar-refractivity contribution in [1.82, 2.24) is 14.7 Å². The third-order valence-electron chi connectivity index (χ3n) is 4.39. The Morgan fingerprint density at radius 2 is 2.48 bits per heavy atom. The first-order chi connectivity index (χ1) is 11.3. The van der Waals surface area contributed by atoms with Gasteiger partial charge in [0.15, 0.2) is 0 Å². The molecule has 1 atom stereocenters. The van der Waals surface area contributed by atoms with Gasteiger partial charge in [-0.1, -0.05) is 0 Å². The largest absolute Gasteiger partial charge is 0.376 e. The van der Waals surface area contributed by atoms with Crippen LogP contribution in [0.1, 0.15) is 23.3 Å². The lowest BCUT2D eigenvalue weighted by Gasteiger charge is -2.26. The van der Waals surface area contributed by atoms with Gasteiger partial charge in [-0.3, -0.25) is 4.68 Å². The van der Waals surface area contributed by atoms with Crippen molar-refractivity contribution in [2.75, 3.05) is 18.5 Å². The van der Waals surface area contributed by atoms with E-state index in [9.17, 15) is 4.79 Å². The number of rotatable bonds is 3. The lowest BCUT2D eigenvalue weighted by atomic mass is 10.1. The Morgan fingerprint density at radius 1 is 1.52 bits per heavy atom. The van der Waals surface area contributed by atoms with Gasteiger partial charge in [-0.15, -0.1) is 11.3 Å². The van der Waals surface area contributed by atoms with E-state index >= 15 is 0 Å². The number of hydrogen-bond acceptors (Lipinski definition) is 4. The van der Waals surface area contributed by atoms with Crippen molar-refractivity contribution in [3.05, 3.63) is 34.3 Å². The van der Waals surface area contributed by atoms with Crippen LogP contribution in [0.4, 0.5) is 10.5 Å². The van der Waals surface area contributed by atoms with E-state index in [0.29, 0.717) is 6.54 Å². The lowest BCUT2D eigenvalue weighted by Crippen LogP contribution is -2.38. The van der Waals surface area contributed by atoms with E-state index < -0.39 is 0 Å². The third kappa shape index (κ3) is 3.25. The minimum absolute atomic E-state index is 0.0569. The Bertz CT molecular complexity index is 690. The molecule has 0 aromatic carbocycles. The summed E-state index contributed by atoms with van der Waals surface area (Å²) in [5.41, 5.74) is 2.01. The molecule has 0 saturated carbocycles. The van der Waals surface area contributed by atoms with Crippen LogP contribution < -0.4 is 5.32 Å². The first kappa shape index (κ1) is 14.7. The molecule has 4 rings (SSSR count). The van der Waals surface area contributed by atoms with Crippen molar-refractivity contribution >= 4 is 23.1 Å². The first-order valence-corrected chi connectivity index (χ1v) is 8.91. The van der Waals surface area contributed by atoms with Gasteiger partial charge in [-0.25, -0.2) is 4.79 Å². The van der Waals surface area contributed by atoms with E-state index in [-0.39, 0.29) is 12.1 Å². The van der Waals surface area contributed by atoms with E-state index in [1.807, 2.05) is 15.8 Å². The number of amides is 2. The smallest absolute Gasteiger partial charge is 0.322 e. The number of carbonyl (C=O) groups is 1. The van der Waals surface area contributed by atoms with Crippen LogP contribution in [0.25, 0.3) is 0 Å². The second kappa shape index (κ2) is 6.33. The number of urea groups is 1. The summed E-state index contributed by atoms with van der Waals surface area (Å²) < 4.78 is 7.46. The molecule has 0 aliphatic carbocycles. The summed E-state index contributed by atoms with van der Waals surface area (Å²) in [6.07, 6.45) is 6.97. The molecule has 1 fully saturated rings. The highest BCUT2D eigenvalue weighted by Crippen LogP contribution is 2.24. The van der Waals surface area contributed by atoms with Crippen molar-refractivity contribution in [3.63, 3.8) is 0 Å². The molecular weight excluding hydrogens is 312 g/mol. The van der Waals surface area contributed by atoms with Crippen molar-refractivity contribution in [2.45, 2.75) is 38.5 Å². The molecule has 1 unspecified atom stereocenters. The van der Waals surface area contributed by atoms with Crippen LogP contribution in [0.3, 0.4) is 0 Å². The topological polar surface area (TPSA) is 59.4 Å². The van der Waals surface area contributed by atoms with Gasteiger partial charge in [0.25, 0.3) is 0 Å². The standard InChI is InChI=1S/C16H20N4O2S/c21-16(19-5-3-15-12(9-19)4-7-23-15)18-13-8-17-20(10-13)11-14-2-1-6-22-14/h4,7-8,10,14H,1-3,5-6,9,11H2,(H,18,21). The first-order valence-electron chi connectivity index (χ1n) is 8.03. The van der Waals surface area contributed by atoms with Gasteiger partial charge < -0.3 is 15.0 Å². The molecule has 2 aliphatic rings. The van der Waals surface area contributed by atoms with Crippen LogP contribution in [0, 0.1) is 0 Å². The zero-order chi connectivity index (χ0) is 15.6. The number of hydrogen-bond donors (Lipinski definition) is 1. The van der Waals surface area contributed by atoms with Crippen molar-refractivity contribution in [2.24, 2.45) is 0 Å². The van der Waals surface area contributed by atoms with Gasteiger partial charge in [-0.2, -0.15) is 5.10 Å². The van der Waals surface area contributed by atoms with E-state index in [2.05, 4.69) is 21.9 Å². The summed E-state index contributed by atoms with van der Waals surface area (Å²) in [5.74, 6) is 0. The Labute approximate surface area is 139 Å². The number of ether oxygens (including phenoxy) is 1. The van der Waals surface area contributed by atoms with Gasteiger partial charge in [0.2, 0.25) is 0 Å². The summed E-state index contributed by atoms with van der Waals surface area (Å²) >= 11 is 1.78. The predicted molar refractivity (Wildman–Crippen MR) is 88.7 cm³/mol. The van der Waals surface area contributed by atoms with Gasteiger partial charge in [0.1, 0.15) is 0 Å². The highest BCUT2D eigenvalue weighted by atomic mass is 32.1. The lowest BCUT2D eigenvalue weighted by molar-refractivity contribution is 0.0940. The molecule has 7 heteroatoms. The molecule has 2 aromatic heterocycles. The minimum Gasteiger partial charge on any atom is -0.376 e. The minimum atomic E-state index is -0.0569. The van der Waals surface area contributed by atoms with Crippen LogP contribution in [0.2, 0.25) is 0 Å². The Morgan fingerprint density at radius 3 is 3.35 bits per heavy atom. The quantitative estimate of drug-likeness (QED) is 0.940. The zero-order valence-corrected chi connectivity index (χ0v) is 13.7. The van der Waals surface area contributed by atoms with Crippen molar-refractivity contribution in [3.8, 4) is 0 Å². The van der Waals surface area contributed by atoms with E-state index in [1.165, 1.54) is 10.4 Å². The highest BCUT2D eigenvalue weighted by molar-refractivity contribution is 7.10. The summed E-state index contributed by atoms with van der Waals surface area (Å²) in [4.78, 5) is 15.7. The molecule has 6 nitrogen and oxygen atoms in total. The van der Waals surface area contributed by atoms with Crippen LogP contribution in [-0.4, -0.2) is 40.0 Å². The Balaban J connectivity index is 1.35. The molecule has 0 radical (unpaired) electrons. The molecule has 122 valence electrons. The van der Waals surface area contributed by atoms with Crippen LogP contribution in [0.15, 0.2) is 23.8 Å². The number of fused-ring (bicyclic) bond motifs is 1. The maximum atomic E-state index is 12.4. The van der Waals surface area contributed by atoms with E-state index in [4.69, 9.17) is 4.74 Å². The van der Waals surface area contributed by atoms with Gasteiger partial charge in [0, 0.05) is 30.8 Å². The fourth-order valence-electron chi connectivity index (χ4n) is 3.15. The Kier molecular flexibility index (Phi) is 4.05. The van der Waals surface area contributed by atoms with Gasteiger partial charge in [-0.05, 0) is 36.3 Å². The molecule has 23 heavy (non-hydrogen) atoms. The molecule has 1 saturated heterocycles. The maximum Gasteiger partial charge on any atom is 0.322 e. The molecule has 2 amide bonds. The van der Waals surface area contributed by atoms with Crippen LogP contribution in [-0.2, 0) is 24.2 Å². The molecule has 2 aliphatic heterocycles. The number of thiophene rings is 1. The van der Waals surface area contributed by atoms with Crippen molar-refractivity contribution < 1.29 is 9.53 Å². The summed E-state index contributed by atoms with van der Waals surface area (Å²) in [6, 6.07) is 2.05. The van der Waals surface area contributed by atoms with Crippen LogP contribution in [0.5, 0.6) is 0 Å². The second-order valence-corrected chi connectivity index (χ2v) is 7.06. The monoisotopic (exact) mass is 332 g/mol. The fraction of sp³-hybridized carbons (Fsp3) is 0.500. The van der Waals surface area contributed by atoms with E-state index in [0.717, 1.165) is 44.6 Å². The molecule has 4 heterocycles. The number of aromatic nitrogens is 2. The zero-order valence-electron chi connectivity index (χ0n) is 12.9. The number of nitrogens with zero attached hydrogens (tertiary/aromatic N) is 3. The molecule has 0 spiro atoms. The molecule has 1 N–H and O–H groups in total. The summed E-state index contributed by atoms with van der Waals surface area (Å²) in [5, 5.41) is 9.36. The summed E-state index contributed by atoms with van der Waals surface area (Å²) in [7, 11) is 0. The summed E-state index contributed by atoms with van der Waals surface area (Å²) in [6.45, 7) is 3.05. The number of carbonyl (C=O) groups excluding carboxylic acids is 1. The van der Waals surface area contributed by atoms with E-state index in [1.54, 1.807) is 17.5 Å². The normalized spacial score (nSPS) is 20.5. The SMILES string of the molecule is O=C(Nc1cnn(CC2CCCO2)c1)N1CCc2sccc2C1. The van der Waals surface area contributed by atoms with Crippen molar-refractivity contribution in [1.29, 1.82) is 0 Å². The Hall–Kier alpha value is -1.86. The molecule has 0 bridgehead atoms. The highest BCUT2D eigenvalue weighted by Gasteiger charge is 2.22. The van der Waals surface area contributed by atoms with Gasteiger partial charge >= 0.3 is 6.03 Å². The number of nitrogens with one attached hydrogen (secondary N) is 1. The van der Waals surface area contributed by atoms with Crippen LogP contribution >= 0.6 is 11.3 Å². The maximum absolute atomic E-state index is 12.4. The average Bonchev–Trinajstić information content (AvgIpc) is 3.28. The average molecular weight is 332 g/mol. The predicted octanol–water partition coefficient (Wildman–Crippen LogP) is 2.71. The van der Waals surface area contributed by atoms with Gasteiger partial charge in [0.05, 0.1) is 24.5 Å². The fourth-order valence-corrected chi connectivity index (χ4v) is 4.04. The molecule has 2 aromatic rings.